The van der Waals surface area contributed by atoms with Crippen LogP contribution in [0.3, 0.4) is 0 Å². The molecule has 2 N–H and O–H groups in total. The summed E-state index contributed by atoms with van der Waals surface area (Å²) in [4.78, 5) is 24.3. The minimum Gasteiger partial charge on any atom is -0.348 e. The zero-order valence-electron chi connectivity index (χ0n) is 10.4. The highest BCUT2D eigenvalue weighted by molar-refractivity contribution is 9.10. The van der Waals surface area contributed by atoms with Crippen LogP contribution in [0.5, 0.6) is 0 Å². The fraction of sp³-hybridized carbons (Fsp3) is 0.333. The Labute approximate surface area is 115 Å². The molecular formula is C12H16BrN3O2. The van der Waals surface area contributed by atoms with E-state index in [1.54, 1.807) is 26.2 Å². The van der Waals surface area contributed by atoms with Gasteiger partial charge in [0, 0.05) is 24.3 Å². The van der Waals surface area contributed by atoms with Gasteiger partial charge in [-0.15, -0.1) is 0 Å². The molecule has 0 fully saturated rings. The minimum absolute atomic E-state index is 0.0635. The summed E-state index contributed by atoms with van der Waals surface area (Å²) >= 11 is 3.32. The number of anilines is 1. The van der Waals surface area contributed by atoms with Crippen molar-refractivity contribution in [1.82, 2.24) is 10.2 Å². The third kappa shape index (κ3) is 5.29. The smallest absolute Gasteiger partial charge is 0.238 e. The quantitative estimate of drug-likeness (QED) is 0.854. The van der Waals surface area contributed by atoms with E-state index in [-0.39, 0.29) is 24.9 Å². The lowest BCUT2D eigenvalue weighted by Gasteiger charge is -2.11. The summed E-state index contributed by atoms with van der Waals surface area (Å²) in [7, 11) is 3.35. The summed E-state index contributed by atoms with van der Waals surface area (Å²) in [6.07, 6.45) is 0. The SMILES string of the molecule is CN(C)C(=O)CNCC(=O)Nc1ccc(Br)cc1. The van der Waals surface area contributed by atoms with Gasteiger partial charge in [0.2, 0.25) is 11.8 Å². The zero-order valence-corrected chi connectivity index (χ0v) is 12.0. The van der Waals surface area contributed by atoms with Gasteiger partial charge in [0.1, 0.15) is 0 Å². The average Bonchev–Trinajstić information content (AvgIpc) is 2.32. The van der Waals surface area contributed by atoms with Crippen LogP contribution in [0.4, 0.5) is 5.69 Å². The highest BCUT2D eigenvalue weighted by Gasteiger charge is 2.05. The van der Waals surface area contributed by atoms with Crippen LogP contribution < -0.4 is 10.6 Å². The van der Waals surface area contributed by atoms with E-state index in [2.05, 4.69) is 26.6 Å². The summed E-state index contributed by atoms with van der Waals surface area (Å²) < 4.78 is 0.954. The summed E-state index contributed by atoms with van der Waals surface area (Å²) in [6, 6.07) is 7.29. The fourth-order valence-corrected chi connectivity index (χ4v) is 1.44. The van der Waals surface area contributed by atoms with Gasteiger partial charge in [0.15, 0.2) is 0 Å². The average molecular weight is 314 g/mol. The Hall–Kier alpha value is -1.40. The van der Waals surface area contributed by atoms with E-state index in [1.165, 1.54) is 4.90 Å². The van der Waals surface area contributed by atoms with Crippen molar-refractivity contribution in [3.05, 3.63) is 28.7 Å². The topological polar surface area (TPSA) is 61.4 Å². The number of amides is 2. The van der Waals surface area contributed by atoms with Crippen molar-refractivity contribution < 1.29 is 9.59 Å². The molecule has 0 saturated carbocycles. The zero-order chi connectivity index (χ0) is 13.5. The molecule has 1 rings (SSSR count). The number of carbonyl (C=O) groups is 2. The van der Waals surface area contributed by atoms with Crippen molar-refractivity contribution in [2.45, 2.75) is 0 Å². The maximum Gasteiger partial charge on any atom is 0.238 e. The van der Waals surface area contributed by atoms with E-state index in [1.807, 2.05) is 12.1 Å². The Morgan fingerprint density at radius 1 is 1.17 bits per heavy atom. The molecule has 0 heterocycles. The molecule has 0 aromatic heterocycles. The highest BCUT2D eigenvalue weighted by atomic mass is 79.9. The van der Waals surface area contributed by atoms with Crippen molar-refractivity contribution in [1.29, 1.82) is 0 Å². The maximum atomic E-state index is 11.5. The molecule has 0 aliphatic heterocycles. The van der Waals surface area contributed by atoms with Crippen LogP contribution in [-0.2, 0) is 9.59 Å². The molecule has 2 amide bonds. The van der Waals surface area contributed by atoms with Crippen LogP contribution in [0.1, 0.15) is 0 Å². The molecule has 0 aliphatic rings. The Kier molecular flexibility index (Phi) is 5.80. The highest BCUT2D eigenvalue weighted by Crippen LogP contribution is 2.13. The first-order chi connectivity index (χ1) is 8.49. The number of carbonyl (C=O) groups excluding carboxylic acids is 2. The van der Waals surface area contributed by atoms with Gasteiger partial charge in [0.05, 0.1) is 13.1 Å². The molecule has 1 aromatic carbocycles. The fourth-order valence-electron chi connectivity index (χ4n) is 1.18. The normalized spacial score (nSPS) is 9.94. The number of nitrogens with zero attached hydrogens (tertiary/aromatic N) is 1. The van der Waals surface area contributed by atoms with Crippen molar-refractivity contribution in [2.24, 2.45) is 0 Å². The van der Waals surface area contributed by atoms with Gasteiger partial charge < -0.3 is 10.2 Å². The van der Waals surface area contributed by atoms with Crippen molar-refractivity contribution in [3.63, 3.8) is 0 Å². The third-order valence-electron chi connectivity index (χ3n) is 2.19. The Bertz CT molecular complexity index is 418. The molecule has 5 nitrogen and oxygen atoms in total. The van der Waals surface area contributed by atoms with Crippen LogP contribution in [0.15, 0.2) is 28.7 Å². The molecule has 1 aromatic rings. The predicted octanol–water partition coefficient (Wildman–Crippen LogP) is 1.07. The van der Waals surface area contributed by atoms with E-state index in [0.717, 1.165) is 10.2 Å². The second kappa shape index (κ2) is 7.13. The van der Waals surface area contributed by atoms with Gasteiger partial charge in [-0.3, -0.25) is 14.9 Å². The molecule has 0 radical (unpaired) electrons. The summed E-state index contributed by atoms with van der Waals surface area (Å²) in [5.74, 6) is -0.240. The Morgan fingerprint density at radius 2 is 1.78 bits per heavy atom. The predicted molar refractivity (Wildman–Crippen MR) is 74.3 cm³/mol. The van der Waals surface area contributed by atoms with Crippen LogP contribution in [0.2, 0.25) is 0 Å². The van der Waals surface area contributed by atoms with Gasteiger partial charge in [0.25, 0.3) is 0 Å². The molecular weight excluding hydrogens is 298 g/mol. The molecule has 0 unspecified atom stereocenters. The first-order valence-electron chi connectivity index (χ1n) is 5.45. The van der Waals surface area contributed by atoms with Crippen LogP contribution in [0.25, 0.3) is 0 Å². The monoisotopic (exact) mass is 313 g/mol. The lowest BCUT2D eigenvalue weighted by molar-refractivity contribution is -0.127. The van der Waals surface area contributed by atoms with Crippen LogP contribution in [0, 0.1) is 0 Å². The number of rotatable bonds is 5. The van der Waals surface area contributed by atoms with Crippen molar-refractivity contribution in [2.75, 3.05) is 32.5 Å². The van der Waals surface area contributed by atoms with Gasteiger partial charge in [-0.25, -0.2) is 0 Å². The van der Waals surface area contributed by atoms with Crippen LogP contribution >= 0.6 is 15.9 Å². The van der Waals surface area contributed by atoms with E-state index in [0.29, 0.717) is 0 Å². The first-order valence-corrected chi connectivity index (χ1v) is 6.24. The Balaban J connectivity index is 2.30. The van der Waals surface area contributed by atoms with Gasteiger partial charge in [-0.1, -0.05) is 15.9 Å². The number of hydrogen-bond acceptors (Lipinski definition) is 3. The molecule has 0 spiro atoms. The Morgan fingerprint density at radius 3 is 2.33 bits per heavy atom. The summed E-state index contributed by atoms with van der Waals surface area (Å²) in [5.41, 5.74) is 0.726. The number of nitrogens with one attached hydrogen (secondary N) is 2. The van der Waals surface area contributed by atoms with Gasteiger partial charge >= 0.3 is 0 Å². The first kappa shape index (κ1) is 14.7. The second-order valence-electron chi connectivity index (χ2n) is 3.95. The minimum atomic E-state index is -0.177. The van der Waals surface area contributed by atoms with Gasteiger partial charge in [-0.2, -0.15) is 0 Å². The van der Waals surface area contributed by atoms with E-state index in [9.17, 15) is 9.59 Å². The third-order valence-corrected chi connectivity index (χ3v) is 2.72. The maximum absolute atomic E-state index is 11.5. The molecule has 6 heteroatoms. The molecule has 98 valence electrons. The molecule has 0 atom stereocenters. The molecule has 18 heavy (non-hydrogen) atoms. The largest absolute Gasteiger partial charge is 0.348 e. The molecule has 0 saturated heterocycles. The van der Waals surface area contributed by atoms with Crippen LogP contribution in [-0.4, -0.2) is 43.9 Å². The van der Waals surface area contributed by atoms with Gasteiger partial charge in [-0.05, 0) is 24.3 Å². The summed E-state index contributed by atoms with van der Waals surface area (Å²) in [6.45, 7) is 0.260. The molecule has 0 aliphatic carbocycles. The lowest BCUT2D eigenvalue weighted by Crippen LogP contribution is -2.37. The van der Waals surface area contributed by atoms with E-state index < -0.39 is 0 Å². The van der Waals surface area contributed by atoms with E-state index in [4.69, 9.17) is 0 Å². The van der Waals surface area contributed by atoms with Crippen molar-refractivity contribution >= 4 is 33.4 Å². The van der Waals surface area contributed by atoms with Crippen molar-refractivity contribution in [3.8, 4) is 0 Å². The van der Waals surface area contributed by atoms with E-state index >= 15 is 0 Å². The standard InChI is InChI=1S/C12H16BrN3O2/c1-16(2)12(18)8-14-7-11(17)15-10-5-3-9(13)4-6-10/h3-6,14H,7-8H2,1-2H3,(H,15,17). The lowest BCUT2D eigenvalue weighted by atomic mass is 10.3. The number of benzene rings is 1. The number of hydrogen-bond donors (Lipinski definition) is 2. The number of likely N-dealkylation sites (N-methyl/N-ethyl adjacent to an activating group) is 1. The molecule has 0 bridgehead atoms. The number of halogens is 1. The second-order valence-corrected chi connectivity index (χ2v) is 4.86. The summed E-state index contributed by atoms with van der Waals surface area (Å²) in [5, 5.41) is 5.51.